The summed E-state index contributed by atoms with van der Waals surface area (Å²) in [6.07, 6.45) is 1.68. The van der Waals surface area contributed by atoms with Crippen LogP contribution in [0.4, 0.5) is 0 Å². The van der Waals surface area contributed by atoms with Gasteiger partial charge in [0, 0.05) is 16.2 Å². The number of halogens is 2. The molecule has 1 aliphatic heterocycles. The summed E-state index contributed by atoms with van der Waals surface area (Å²) in [5.74, 6) is 0.0654. The lowest BCUT2D eigenvalue weighted by Crippen LogP contribution is -2.22. The summed E-state index contributed by atoms with van der Waals surface area (Å²) in [5, 5.41) is 9.98. The molecule has 1 aromatic carbocycles. The number of amides is 1. The van der Waals surface area contributed by atoms with Crippen LogP contribution in [0, 0.1) is 7.14 Å². The van der Waals surface area contributed by atoms with Gasteiger partial charge in [-0.25, -0.2) is 0 Å². The molecule has 0 radical (unpaired) electrons. The predicted molar refractivity (Wildman–Crippen MR) is 94.5 cm³/mol. The molecule has 0 spiro atoms. The van der Waals surface area contributed by atoms with Gasteiger partial charge in [0.15, 0.2) is 0 Å². The van der Waals surface area contributed by atoms with E-state index >= 15 is 0 Å². The Kier molecular flexibility index (Phi) is 4.55. The summed E-state index contributed by atoms with van der Waals surface area (Å²) in [4.78, 5) is 13.8. The second-order valence-corrected chi connectivity index (χ2v) is 7.65. The molecule has 1 amide bonds. The SMILES string of the molecule is CN1C(=O)/C(=C/c2cc(I)cc(I)c2O)SC1=S. The molecule has 1 N–H and O–H groups in total. The first-order valence-electron chi connectivity index (χ1n) is 4.79. The quantitative estimate of drug-likeness (QED) is 0.363. The van der Waals surface area contributed by atoms with Gasteiger partial charge in [0.2, 0.25) is 0 Å². The summed E-state index contributed by atoms with van der Waals surface area (Å²) < 4.78 is 2.30. The molecule has 3 nitrogen and oxygen atoms in total. The molecule has 1 saturated heterocycles. The van der Waals surface area contributed by atoms with Crippen molar-refractivity contribution in [3.8, 4) is 5.75 Å². The Morgan fingerprint density at radius 1 is 1.44 bits per heavy atom. The molecule has 2 rings (SSSR count). The maximum absolute atomic E-state index is 11.9. The minimum atomic E-state index is -0.127. The maximum atomic E-state index is 11.9. The number of hydrogen-bond donors (Lipinski definition) is 1. The average molecular weight is 503 g/mol. The fourth-order valence-electron chi connectivity index (χ4n) is 1.38. The topological polar surface area (TPSA) is 40.5 Å². The summed E-state index contributed by atoms with van der Waals surface area (Å²) in [6.45, 7) is 0. The highest BCUT2D eigenvalue weighted by molar-refractivity contribution is 14.1. The number of thioether (sulfide) groups is 1. The summed E-state index contributed by atoms with van der Waals surface area (Å²) in [7, 11) is 1.65. The molecule has 18 heavy (non-hydrogen) atoms. The first-order chi connectivity index (χ1) is 8.40. The zero-order valence-electron chi connectivity index (χ0n) is 9.11. The lowest BCUT2D eigenvalue weighted by Gasteiger charge is -2.05. The third-order valence-electron chi connectivity index (χ3n) is 2.33. The summed E-state index contributed by atoms with van der Waals surface area (Å²) in [5.41, 5.74) is 0.639. The van der Waals surface area contributed by atoms with E-state index in [0.29, 0.717) is 14.8 Å². The van der Waals surface area contributed by atoms with Crippen LogP contribution in [0.25, 0.3) is 6.08 Å². The van der Waals surface area contributed by atoms with Crippen LogP contribution >= 0.6 is 69.2 Å². The van der Waals surface area contributed by atoms with E-state index in [-0.39, 0.29) is 11.7 Å². The average Bonchev–Trinajstić information content (AvgIpc) is 2.53. The van der Waals surface area contributed by atoms with Gasteiger partial charge in [-0.15, -0.1) is 0 Å². The Morgan fingerprint density at radius 3 is 2.67 bits per heavy atom. The fraction of sp³-hybridized carbons (Fsp3) is 0.0909. The van der Waals surface area contributed by atoms with Gasteiger partial charge in [0.1, 0.15) is 10.1 Å². The zero-order chi connectivity index (χ0) is 13.4. The van der Waals surface area contributed by atoms with Crippen LogP contribution in [0.2, 0.25) is 0 Å². The Labute approximate surface area is 141 Å². The van der Waals surface area contributed by atoms with Crippen molar-refractivity contribution in [1.29, 1.82) is 0 Å². The van der Waals surface area contributed by atoms with Crippen LogP contribution in [-0.2, 0) is 4.79 Å². The molecule has 0 bridgehead atoms. The highest BCUT2D eigenvalue weighted by Crippen LogP contribution is 2.35. The third-order valence-corrected chi connectivity index (χ3v) is 5.26. The Hall–Kier alpha value is 0.130. The summed E-state index contributed by atoms with van der Waals surface area (Å²) >= 11 is 10.5. The molecular formula is C11H7I2NO2S2. The number of rotatable bonds is 1. The van der Waals surface area contributed by atoms with Crippen LogP contribution in [0.3, 0.4) is 0 Å². The molecule has 7 heteroatoms. The smallest absolute Gasteiger partial charge is 0.265 e. The van der Waals surface area contributed by atoms with Crippen molar-refractivity contribution in [2.75, 3.05) is 7.05 Å². The monoisotopic (exact) mass is 503 g/mol. The first kappa shape index (κ1) is 14.5. The molecule has 1 fully saturated rings. The van der Waals surface area contributed by atoms with Crippen LogP contribution in [-0.4, -0.2) is 27.3 Å². The number of aromatic hydroxyl groups is 1. The molecule has 94 valence electrons. The molecule has 0 saturated carbocycles. The van der Waals surface area contributed by atoms with E-state index in [0.717, 1.165) is 7.14 Å². The van der Waals surface area contributed by atoms with Gasteiger partial charge in [-0.1, -0.05) is 24.0 Å². The van der Waals surface area contributed by atoms with Crippen molar-refractivity contribution in [2.45, 2.75) is 0 Å². The molecular weight excluding hydrogens is 496 g/mol. The van der Waals surface area contributed by atoms with E-state index in [2.05, 4.69) is 45.2 Å². The first-order valence-corrected chi connectivity index (χ1v) is 8.18. The number of likely N-dealkylation sites (N-methyl/N-ethyl adjacent to an activating group) is 1. The second kappa shape index (κ2) is 5.63. The number of benzene rings is 1. The Balaban J connectivity index is 2.46. The van der Waals surface area contributed by atoms with E-state index in [9.17, 15) is 9.90 Å². The van der Waals surface area contributed by atoms with Crippen LogP contribution in [0.1, 0.15) is 5.56 Å². The highest BCUT2D eigenvalue weighted by atomic mass is 127. The fourth-order valence-corrected chi connectivity index (χ4v) is 4.44. The zero-order valence-corrected chi connectivity index (χ0v) is 15.1. The molecule has 0 aromatic heterocycles. The van der Waals surface area contributed by atoms with Gasteiger partial charge in [0.25, 0.3) is 5.91 Å². The van der Waals surface area contributed by atoms with Gasteiger partial charge in [-0.3, -0.25) is 9.69 Å². The molecule has 0 aliphatic carbocycles. The van der Waals surface area contributed by atoms with Gasteiger partial charge in [-0.05, 0) is 63.4 Å². The maximum Gasteiger partial charge on any atom is 0.265 e. The standard InChI is InChI=1S/C11H7I2NO2S2/c1-14-10(16)8(18-11(14)17)3-5-2-6(12)4-7(13)9(5)15/h2-4,15H,1H3/b8-3-. The predicted octanol–water partition coefficient (Wildman–Crippen LogP) is 3.43. The number of carbonyl (C=O) groups excluding carboxylic acids is 1. The molecule has 1 aromatic rings. The van der Waals surface area contributed by atoms with Crippen molar-refractivity contribution in [3.63, 3.8) is 0 Å². The third kappa shape index (κ3) is 2.83. The molecule has 0 unspecified atom stereocenters. The molecule has 0 atom stereocenters. The number of carbonyl (C=O) groups is 1. The lowest BCUT2D eigenvalue weighted by molar-refractivity contribution is -0.121. The number of phenolic OH excluding ortho intramolecular Hbond substituents is 1. The van der Waals surface area contributed by atoms with Crippen LogP contribution in [0.5, 0.6) is 5.75 Å². The van der Waals surface area contributed by atoms with Crippen molar-refractivity contribution in [1.82, 2.24) is 4.90 Å². The minimum Gasteiger partial charge on any atom is -0.506 e. The lowest BCUT2D eigenvalue weighted by atomic mass is 10.2. The number of nitrogens with zero attached hydrogens (tertiary/aromatic N) is 1. The Morgan fingerprint density at radius 2 is 2.11 bits per heavy atom. The molecule has 1 heterocycles. The van der Waals surface area contributed by atoms with Gasteiger partial charge in [0.05, 0.1) is 8.48 Å². The minimum absolute atomic E-state index is 0.127. The summed E-state index contributed by atoms with van der Waals surface area (Å²) in [6, 6.07) is 3.71. The van der Waals surface area contributed by atoms with Gasteiger partial charge < -0.3 is 5.11 Å². The van der Waals surface area contributed by atoms with E-state index in [4.69, 9.17) is 12.2 Å². The largest absolute Gasteiger partial charge is 0.506 e. The van der Waals surface area contributed by atoms with E-state index < -0.39 is 0 Å². The van der Waals surface area contributed by atoms with Crippen molar-refractivity contribution < 1.29 is 9.90 Å². The van der Waals surface area contributed by atoms with E-state index in [1.807, 2.05) is 12.1 Å². The van der Waals surface area contributed by atoms with Crippen molar-refractivity contribution >= 4 is 85.5 Å². The van der Waals surface area contributed by atoms with Gasteiger partial charge >= 0.3 is 0 Å². The van der Waals surface area contributed by atoms with Crippen LogP contribution in [0.15, 0.2) is 17.0 Å². The van der Waals surface area contributed by atoms with E-state index in [1.165, 1.54) is 16.7 Å². The Bertz CT molecular complexity index is 587. The number of phenols is 1. The normalized spacial score (nSPS) is 17.9. The van der Waals surface area contributed by atoms with Crippen molar-refractivity contribution in [2.24, 2.45) is 0 Å². The molecule has 1 aliphatic rings. The van der Waals surface area contributed by atoms with E-state index in [1.54, 1.807) is 13.1 Å². The number of hydrogen-bond acceptors (Lipinski definition) is 4. The second-order valence-electron chi connectivity index (χ2n) is 3.57. The number of thiocarbonyl (C=S) groups is 1. The highest BCUT2D eigenvalue weighted by Gasteiger charge is 2.28. The van der Waals surface area contributed by atoms with Gasteiger partial charge in [-0.2, -0.15) is 0 Å². The van der Waals surface area contributed by atoms with Crippen molar-refractivity contribution in [3.05, 3.63) is 29.7 Å². The van der Waals surface area contributed by atoms with Crippen LogP contribution < -0.4 is 0 Å².